The molecule has 2 fully saturated rings. The molecule has 0 bridgehead atoms. The molecule has 1 aliphatic carbocycles. The molecule has 0 radical (unpaired) electrons. The minimum Gasteiger partial charge on any atom is -0.366 e. The SMILES string of the molecule is FC(F)(F)Cc1cc2c(N[C@H]3CCN(Cc4ccccc4)C[C@@H]3CCC3CCCC3)ncnc2s1. The number of thiophene rings is 1. The summed E-state index contributed by atoms with van der Waals surface area (Å²) in [7, 11) is 0. The monoisotopic (exact) mass is 502 g/mol. The predicted octanol–water partition coefficient (Wildman–Crippen LogP) is 7.07. The van der Waals surface area contributed by atoms with Gasteiger partial charge in [0.05, 0.1) is 11.8 Å². The van der Waals surface area contributed by atoms with Gasteiger partial charge in [-0.2, -0.15) is 13.2 Å². The highest BCUT2D eigenvalue weighted by Gasteiger charge is 2.32. The number of nitrogens with zero attached hydrogens (tertiary/aromatic N) is 3. The zero-order valence-corrected chi connectivity index (χ0v) is 20.8. The largest absolute Gasteiger partial charge is 0.393 e. The first-order chi connectivity index (χ1) is 16.9. The number of piperidine rings is 1. The van der Waals surface area contributed by atoms with Gasteiger partial charge in [0.2, 0.25) is 0 Å². The van der Waals surface area contributed by atoms with E-state index in [-0.39, 0.29) is 10.9 Å². The Balaban J connectivity index is 1.31. The molecular formula is C27H33F3N4S. The van der Waals surface area contributed by atoms with Crippen LogP contribution in [0.3, 0.4) is 0 Å². The highest BCUT2D eigenvalue weighted by atomic mass is 32.1. The Bertz CT molecular complexity index is 1090. The van der Waals surface area contributed by atoms with E-state index in [1.54, 1.807) is 6.07 Å². The molecule has 2 aromatic heterocycles. The van der Waals surface area contributed by atoms with Gasteiger partial charge < -0.3 is 5.32 Å². The maximum absolute atomic E-state index is 13.0. The molecule has 3 heterocycles. The molecule has 1 aliphatic heterocycles. The fourth-order valence-corrected chi connectivity index (χ4v) is 6.83. The highest BCUT2D eigenvalue weighted by Crippen LogP contribution is 2.36. The van der Waals surface area contributed by atoms with E-state index in [0.29, 0.717) is 22.0 Å². The Labute approximate surface area is 209 Å². The van der Waals surface area contributed by atoms with Gasteiger partial charge in [0, 0.05) is 30.6 Å². The van der Waals surface area contributed by atoms with Gasteiger partial charge in [-0.05, 0) is 36.3 Å². The minimum atomic E-state index is -4.22. The predicted molar refractivity (Wildman–Crippen MR) is 136 cm³/mol. The molecule has 0 unspecified atom stereocenters. The van der Waals surface area contributed by atoms with Gasteiger partial charge in [-0.25, -0.2) is 9.97 Å². The van der Waals surface area contributed by atoms with E-state index in [9.17, 15) is 13.2 Å². The lowest BCUT2D eigenvalue weighted by atomic mass is 9.85. The summed E-state index contributed by atoms with van der Waals surface area (Å²) in [5, 5.41) is 4.36. The lowest BCUT2D eigenvalue weighted by molar-refractivity contribution is -0.126. The van der Waals surface area contributed by atoms with Crippen LogP contribution in [-0.2, 0) is 13.0 Å². The molecule has 5 rings (SSSR count). The van der Waals surface area contributed by atoms with Crippen molar-refractivity contribution < 1.29 is 13.2 Å². The second-order valence-corrected chi connectivity index (χ2v) is 11.3. The van der Waals surface area contributed by atoms with E-state index in [4.69, 9.17) is 0 Å². The van der Waals surface area contributed by atoms with Crippen molar-refractivity contribution in [3.05, 3.63) is 53.2 Å². The van der Waals surface area contributed by atoms with Crippen LogP contribution in [0.25, 0.3) is 10.2 Å². The summed E-state index contributed by atoms with van der Waals surface area (Å²) in [5.74, 6) is 1.99. The van der Waals surface area contributed by atoms with E-state index in [0.717, 1.165) is 43.3 Å². The molecule has 0 spiro atoms. The fraction of sp³-hybridized carbons (Fsp3) is 0.556. The van der Waals surface area contributed by atoms with Crippen molar-refractivity contribution >= 4 is 27.4 Å². The van der Waals surface area contributed by atoms with E-state index in [2.05, 4.69) is 50.5 Å². The second-order valence-electron chi connectivity index (χ2n) is 10.2. The fourth-order valence-electron chi connectivity index (χ4n) is 5.80. The van der Waals surface area contributed by atoms with E-state index in [1.807, 2.05) is 0 Å². The van der Waals surface area contributed by atoms with Crippen molar-refractivity contribution in [1.29, 1.82) is 0 Å². The van der Waals surface area contributed by atoms with Gasteiger partial charge in [-0.1, -0.05) is 62.4 Å². The lowest BCUT2D eigenvalue weighted by Crippen LogP contribution is -2.46. The summed E-state index contributed by atoms with van der Waals surface area (Å²) in [5.41, 5.74) is 1.33. The van der Waals surface area contributed by atoms with Crippen LogP contribution in [0, 0.1) is 11.8 Å². The van der Waals surface area contributed by atoms with Crippen molar-refractivity contribution in [2.75, 3.05) is 18.4 Å². The quantitative estimate of drug-likeness (QED) is 0.358. The molecule has 3 aromatic rings. The third-order valence-electron chi connectivity index (χ3n) is 7.56. The average Bonchev–Trinajstić information content (AvgIpc) is 3.48. The molecular weight excluding hydrogens is 469 g/mol. The van der Waals surface area contributed by atoms with Crippen LogP contribution in [-0.4, -0.2) is 40.2 Å². The van der Waals surface area contributed by atoms with Crippen molar-refractivity contribution in [3.8, 4) is 0 Å². The Morgan fingerprint density at radius 1 is 1.03 bits per heavy atom. The van der Waals surface area contributed by atoms with Gasteiger partial charge in [-0.15, -0.1) is 11.3 Å². The number of benzene rings is 1. The standard InChI is InChI=1S/C27H33F3N4S/c28-27(29,30)15-22-14-23-25(31-18-32-26(23)35-22)33-24-12-13-34(16-20-8-2-1-3-9-20)17-21(24)11-10-19-6-4-5-7-19/h1-3,8-9,14,18-19,21,24H,4-7,10-13,15-17H2,(H,31,32,33)/t21-,24-/m0/s1. The van der Waals surface area contributed by atoms with Crippen LogP contribution in [0.4, 0.5) is 19.0 Å². The first-order valence-corrected chi connectivity index (χ1v) is 13.6. The molecule has 2 atom stereocenters. The van der Waals surface area contributed by atoms with Gasteiger partial charge >= 0.3 is 6.18 Å². The third kappa shape index (κ3) is 6.53. The number of nitrogens with one attached hydrogen (secondary N) is 1. The zero-order valence-electron chi connectivity index (χ0n) is 19.9. The van der Waals surface area contributed by atoms with Gasteiger partial charge in [0.15, 0.2) is 0 Å². The van der Waals surface area contributed by atoms with Crippen molar-refractivity contribution in [3.63, 3.8) is 0 Å². The highest BCUT2D eigenvalue weighted by molar-refractivity contribution is 7.18. The topological polar surface area (TPSA) is 41.0 Å². The normalized spacial score (nSPS) is 22.1. The number of alkyl halides is 3. The Morgan fingerprint density at radius 3 is 2.60 bits per heavy atom. The molecule has 1 saturated carbocycles. The number of rotatable bonds is 8. The molecule has 2 aliphatic rings. The van der Waals surface area contributed by atoms with Crippen molar-refractivity contribution in [2.45, 2.75) is 70.1 Å². The number of hydrogen-bond donors (Lipinski definition) is 1. The first kappa shape index (κ1) is 24.5. The Morgan fingerprint density at radius 2 is 1.83 bits per heavy atom. The molecule has 1 saturated heterocycles. The average molecular weight is 503 g/mol. The van der Waals surface area contributed by atoms with Crippen molar-refractivity contribution in [2.24, 2.45) is 11.8 Å². The third-order valence-corrected chi connectivity index (χ3v) is 8.61. The summed E-state index contributed by atoms with van der Waals surface area (Å²) in [4.78, 5) is 12.2. The van der Waals surface area contributed by atoms with Crippen LogP contribution < -0.4 is 5.32 Å². The zero-order chi connectivity index (χ0) is 24.3. The van der Waals surface area contributed by atoms with E-state index >= 15 is 0 Å². The number of fused-ring (bicyclic) bond motifs is 1. The van der Waals surface area contributed by atoms with Crippen LogP contribution in [0.2, 0.25) is 0 Å². The number of aromatic nitrogens is 2. The van der Waals surface area contributed by atoms with Crippen LogP contribution in [0.1, 0.15) is 55.4 Å². The summed E-state index contributed by atoms with van der Waals surface area (Å²) < 4.78 is 38.9. The van der Waals surface area contributed by atoms with Crippen LogP contribution in [0.5, 0.6) is 0 Å². The van der Waals surface area contributed by atoms with Gasteiger partial charge in [0.1, 0.15) is 17.0 Å². The van der Waals surface area contributed by atoms with Gasteiger partial charge in [-0.3, -0.25) is 4.90 Å². The summed E-state index contributed by atoms with van der Waals surface area (Å²) in [6, 6.07) is 12.5. The van der Waals surface area contributed by atoms with Crippen molar-refractivity contribution in [1.82, 2.24) is 14.9 Å². The van der Waals surface area contributed by atoms with Gasteiger partial charge in [0.25, 0.3) is 0 Å². The number of halogens is 3. The molecule has 0 amide bonds. The molecule has 1 aromatic carbocycles. The van der Waals surface area contributed by atoms with Crippen LogP contribution >= 0.6 is 11.3 Å². The molecule has 1 N–H and O–H groups in total. The number of hydrogen-bond acceptors (Lipinski definition) is 5. The molecule has 8 heteroatoms. The second kappa shape index (κ2) is 10.8. The summed E-state index contributed by atoms with van der Waals surface area (Å²) in [6.07, 6.45) is 5.16. The number of anilines is 1. The number of likely N-dealkylation sites (tertiary alicyclic amines) is 1. The Kier molecular flexibility index (Phi) is 7.58. The van der Waals surface area contributed by atoms with E-state index in [1.165, 1.54) is 50.4 Å². The minimum absolute atomic E-state index is 0.257. The maximum Gasteiger partial charge on any atom is 0.393 e. The molecule has 188 valence electrons. The molecule has 35 heavy (non-hydrogen) atoms. The smallest absolute Gasteiger partial charge is 0.366 e. The first-order valence-electron chi connectivity index (χ1n) is 12.8. The summed E-state index contributed by atoms with van der Waals surface area (Å²) in [6.45, 7) is 2.97. The van der Waals surface area contributed by atoms with E-state index < -0.39 is 12.6 Å². The Hall–Kier alpha value is -2.19. The molecule has 4 nitrogen and oxygen atoms in total. The van der Waals surface area contributed by atoms with Crippen LogP contribution in [0.15, 0.2) is 42.7 Å². The summed E-state index contributed by atoms with van der Waals surface area (Å²) >= 11 is 1.11. The lowest BCUT2D eigenvalue weighted by Gasteiger charge is -2.40. The maximum atomic E-state index is 13.0.